The molecule has 2 heteroatoms. The van der Waals surface area contributed by atoms with Crippen LogP contribution in [0.25, 0.3) is 0 Å². The molecule has 0 spiro atoms. The van der Waals surface area contributed by atoms with Gasteiger partial charge in [-0.2, -0.15) is 0 Å². The third-order valence-electron chi connectivity index (χ3n) is 3.35. The zero-order chi connectivity index (χ0) is 11.8. The van der Waals surface area contributed by atoms with E-state index in [0.717, 1.165) is 25.5 Å². The number of hydrogen-bond acceptors (Lipinski definition) is 2. The van der Waals surface area contributed by atoms with Crippen molar-refractivity contribution in [3.8, 4) is 0 Å². The summed E-state index contributed by atoms with van der Waals surface area (Å²) in [7, 11) is 0. The summed E-state index contributed by atoms with van der Waals surface area (Å²) in [6, 6.07) is 0.564. The quantitative estimate of drug-likeness (QED) is 0.618. The first-order valence-electron chi connectivity index (χ1n) is 7.16. The Morgan fingerprint density at radius 3 is 2.44 bits per heavy atom. The molecule has 0 bridgehead atoms. The fourth-order valence-electron chi connectivity index (χ4n) is 2.12. The second kappa shape index (κ2) is 8.08. The van der Waals surface area contributed by atoms with Gasteiger partial charge in [-0.3, -0.25) is 0 Å². The molecule has 1 aliphatic rings. The highest BCUT2D eigenvalue weighted by molar-refractivity contribution is 4.78. The van der Waals surface area contributed by atoms with Crippen LogP contribution >= 0.6 is 0 Å². The van der Waals surface area contributed by atoms with Crippen molar-refractivity contribution in [3.05, 3.63) is 0 Å². The van der Waals surface area contributed by atoms with Crippen molar-refractivity contribution >= 4 is 0 Å². The van der Waals surface area contributed by atoms with E-state index >= 15 is 0 Å². The number of hydrogen-bond donors (Lipinski definition) is 1. The number of rotatable bonds is 10. The summed E-state index contributed by atoms with van der Waals surface area (Å²) in [5, 5.41) is 3.64. The third kappa shape index (κ3) is 5.31. The van der Waals surface area contributed by atoms with Gasteiger partial charge in [0.1, 0.15) is 0 Å². The van der Waals surface area contributed by atoms with E-state index in [9.17, 15) is 0 Å². The molecule has 0 aliphatic heterocycles. The SMILES string of the molecule is CCCNC(CCC)C(CC)OCC1CC1. The van der Waals surface area contributed by atoms with Crippen molar-refractivity contribution in [2.24, 2.45) is 5.92 Å². The van der Waals surface area contributed by atoms with Crippen LogP contribution in [-0.4, -0.2) is 25.3 Å². The van der Waals surface area contributed by atoms with Crippen molar-refractivity contribution in [1.29, 1.82) is 0 Å². The molecule has 0 saturated heterocycles. The van der Waals surface area contributed by atoms with Crippen molar-refractivity contribution < 1.29 is 4.74 Å². The molecule has 0 aromatic carbocycles. The fraction of sp³-hybridized carbons (Fsp3) is 1.00. The van der Waals surface area contributed by atoms with Gasteiger partial charge in [0, 0.05) is 12.6 Å². The van der Waals surface area contributed by atoms with E-state index in [1.54, 1.807) is 0 Å². The standard InChI is InChI=1S/C14H29NO/c1-4-7-13(15-10-5-2)14(6-3)16-11-12-8-9-12/h12-15H,4-11H2,1-3H3. The summed E-state index contributed by atoms with van der Waals surface area (Å²) in [5.41, 5.74) is 0. The van der Waals surface area contributed by atoms with Crippen LogP contribution in [0.4, 0.5) is 0 Å². The van der Waals surface area contributed by atoms with E-state index < -0.39 is 0 Å². The normalized spacial score (nSPS) is 19.7. The highest BCUT2D eigenvalue weighted by Crippen LogP contribution is 2.29. The lowest BCUT2D eigenvalue weighted by Gasteiger charge is -2.27. The van der Waals surface area contributed by atoms with Crippen LogP contribution in [0.15, 0.2) is 0 Å². The highest BCUT2D eigenvalue weighted by atomic mass is 16.5. The van der Waals surface area contributed by atoms with Gasteiger partial charge in [-0.15, -0.1) is 0 Å². The molecule has 0 amide bonds. The van der Waals surface area contributed by atoms with Gasteiger partial charge >= 0.3 is 0 Å². The number of nitrogens with one attached hydrogen (secondary N) is 1. The lowest BCUT2D eigenvalue weighted by molar-refractivity contribution is 0.0155. The Kier molecular flexibility index (Phi) is 7.06. The minimum absolute atomic E-state index is 0.423. The molecule has 2 unspecified atom stereocenters. The van der Waals surface area contributed by atoms with E-state index in [2.05, 4.69) is 26.1 Å². The van der Waals surface area contributed by atoms with E-state index in [1.807, 2.05) is 0 Å². The van der Waals surface area contributed by atoms with Gasteiger partial charge in [0.05, 0.1) is 6.10 Å². The predicted octanol–water partition coefficient (Wildman–Crippen LogP) is 3.36. The van der Waals surface area contributed by atoms with Crippen LogP contribution in [0, 0.1) is 5.92 Å². The van der Waals surface area contributed by atoms with E-state index in [0.29, 0.717) is 12.1 Å². The second-order valence-electron chi connectivity index (χ2n) is 5.07. The Morgan fingerprint density at radius 1 is 1.19 bits per heavy atom. The van der Waals surface area contributed by atoms with Crippen molar-refractivity contribution in [2.45, 2.75) is 71.4 Å². The Labute approximate surface area is 101 Å². The molecular formula is C14H29NO. The maximum absolute atomic E-state index is 6.06. The lowest BCUT2D eigenvalue weighted by Crippen LogP contribution is -2.41. The average molecular weight is 227 g/mol. The summed E-state index contributed by atoms with van der Waals surface area (Å²) in [4.78, 5) is 0. The van der Waals surface area contributed by atoms with Gasteiger partial charge in [-0.1, -0.05) is 27.2 Å². The van der Waals surface area contributed by atoms with Crippen LogP contribution < -0.4 is 5.32 Å². The first kappa shape index (κ1) is 14.0. The first-order valence-corrected chi connectivity index (χ1v) is 7.16. The van der Waals surface area contributed by atoms with Crippen LogP contribution in [0.5, 0.6) is 0 Å². The summed E-state index contributed by atoms with van der Waals surface area (Å²) >= 11 is 0. The topological polar surface area (TPSA) is 21.3 Å². The summed E-state index contributed by atoms with van der Waals surface area (Å²) in [6.07, 6.45) is 8.02. The molecule has 96 valence electrons. The maximum atomic E-state index is 6.06. The van der Waals surface area contributed by atoms with Gasteiger partial charge in [0.2, 0.25) is 0 Å². The summed E-state index contributed by atoms with van der Waals surface area (Å²) in [5.74, 6) is 0.877. The largest absolute Gasteiger partial charge is 0.376 e. The van der Waals surface area contributed by atoms with E-state index in [-0.39, 0.29) is 0 Å². The molecule has 0 aromatic heterocycles. The minimum atomic E-state index is 0.423. The molecule has 0 radical (unpaired) electrons. The first-order chi connectivity index (χ1) is 7.81. The van der Waals surface area contributed by atoms with Gasteiger partial charge in [0.15, 0.2) is 0 Å². The van der Waals surface area contributed by atoms with Crippen LogP contribution in [0.3, 0.4) is 0 Å². The molecule has 16 heavy (non-hydrogen) atoms. The Bertz CT molecular complexity index is 168. The Hall–Kier alpha value is -0.0800. The van der Waals surface area contributed by atoms with Crippen molar-refractivity contribution in [1.82, 2.24) is 5.32 Å². The van der Waals surface area contributed by atoms with E-state index in [1.165, 1.54) is 32.1 Å². The molecule has 1 N–H and O–H groups in total. The molecule has 1 fully saturated rings. The molecule has 1 aliphatic carbocycles. The zero-order valence-corrected chi connectivity index (χ0v) is 11.3. The van der Waals surface area contributed by atoms with Crippen molar-refractivity contribution in [2.75, 3.05) is 13.2 Å². The smallest absolute Gasteiger partial charge is 0.0725 e. The monoisotopic (exact) mass is 227 g/mol. The fourth-order valence-corrected chi connectivity index (χ4v) is 2.12. The van der Waals surface area contributed by atoms with Crippen LogP contribution in [0.2, 0.25) is 0 Å². The van der Waals surface area contributed by atoms with Gasteiger partial charge in [-0.25, -0.2) is 0 Å². The summed E-state index contributed by atoms with van der Waals surface area (Å²) in [6.45, 7) is 8.84. The summed E-state index contributed by atoms with van der Waals surface area (Å²) < 4.78 is 6.06. The molecule has 2 atom stereocenters. The van der Waals surface area contributed by atoms with Crippen LogP contribution in [-0.2, 0) is 4.74 Å². The third-order valence-corrected chi connectivity index (χ3v) is 3.35. The molecule has 1 saturated carbocycles. The molecule has 2 nitrogen and oxygen atoms in total. The zero-order valence-electron chi connectivity index (χ0n) is 11.3. The molecule has 1 rings (SSSR count). The van der Waals surface area contributed by atoms with E-state index in [4.69, 9.17) is 4.74 Å². The van der Waals surface area contributed by atoms with Crippen LogP contribution in [0.1, 0.15) is 59.3 Å². The second-order valence-corrected chi connectivity index (χ2v) is 5.07. The molecule has 0 heterocycles. The minimum Gasteiger partial charge on any atom is -0.376 e. The Morgan fingerprint density at radius 2 is 1.94 bits per heavy atom. The number of ether oxygens (including phenoxy) is 1. The lowest BCUT2D eigenvalue weighted by atomic mass is 10.0. The maximum Gasteiger partial charge on any atom is 0.0725 e. The van der Waals surface area contributed by atoms with Gasteiger partial charge in [-0.05, 0) is 44.6 Å². The van der Waals surface area contributed by atoms with Gasteiger partial charge in [0.25, 0.3) is 0 Å². The molecular weight excluding hydrogens is 198 g/mol. The van der Waals surface area contributed by atoms with Crippen molar-refractivity contribution in [3.63, 3.8) is 0 Å². The molecule has 0 aromatic rings. The average Bonchev–Trinajstić information content (AvgIpc) is 3.10. The predicted molar refractivity (Wildman–Crippen MR) is 69.7 cm³/mol. The Balaban J connectivity index is 2.29. The highest BCUT2D eigenvalue weighted by Gasteiger charge is 2.25. The van der Waals surface area contributed by atoms with Gasteiger partial charge < -0.3 is 10.1 Å².